The summed E-state index contributed by atoms with van der Waals surface area (Å²) in [6.45, 7) is 3.40. The quantitative estimate of drug-likeness (QED) is 0.476. The molecule has 0 spiro atoms. The monoisotopic (exact) mass is 142 g/mol. The fourth-order valence-corrected chi connectivity index (χ4v) is 0.849. The summed E-state index contributed by atoms with van der Waals surface area (Å²) in [5, 5.41) is 8.64. The number of allylic oxidation sites excluding steroid dienone is 1. The summed E-state index contributed by atoms with van der Waals surface area (Å²) in [5.41, 5.74) is 5.26. The van der Waals surface area contributed by atoms with Gasteiger partial charge in [0.2, 0.25) is 0 Å². The van der Waals surface area contributed by atoms with Crippen molar-refractivity contribution in [3.8, 4) is 0 Å². The van der Waals surface area contributed by atoms with Crippen LogP contribution in [-0.2, 0) is 4.79 Å². The van der Waals surface area contributed by atoms with Crippen LogP contribution in [0, 0.1) is 0 Å². The molecule has 0 aromatic rings. The third-order valence-electron chi connectivity index (χ3n) is 1.47. The minimum absolute atomic E-state index is 0.838. The fourth-order valence-electron chi connectivity index (χ4n) is 0.849. The van der Waals surface area contributed by atoms with Crippen molar-refractivity contribution in [2.45, 2.75) is 19.4 Å². The van der Waals surface area contributed by atoms with Crippen molar-refractivity contribution >= 4 is 5.97 Å². The summed E-state index contributed by atoms with van der Waals surface area (Å²) in [7, 11) is 0. The number of carbonyl (C=O) groups is 1. The second kappa shape index (κ2) is 1.98. The molecule has 3 N–H and O–H groups in total. The highest BCUT2D eigenvalue weighted by Crippen LogP contribution is 2.12. The van der Waals surface area contributed by atoms with Gasteiger partial charge in [-0.25, -0.2) is 10.2 Å². The smallest absolute Gasteiger partial charge is 0.329 e. The van der Waals surface area contributed by atoms with Gasteiger partial charge < -0.3 is 10.5 Å². The first-order valence-electron chi connectivity index (χ1n) is 3.01. The van der Waals surface area contributed by atoms with Crippen molar-refractivity contribution in [1.29, 1.82) is 0 Å². The van der Waals surface area contributed by atoms with Gasteiger partial charge >= 0.3 is 5.97 Å². The second-order valence-electron chi connectivity index (χ2n) is 2.58. The molecular formula is C6H10N2O2. The van der Waals surface area contributed by atoms with E-state index in [1.54, 1.807) is 19.9 Å². The Kier molecular flexibility index (Phi) is 1.40. The molecule has 0 radical (unpaired) electrons. The summed E-state index contributed by atoms with van der Waals surface area (Å²) in [6, 6.07) is 0. The van der Waals surface area contributed by atoms with Gasteiger partial charge in [0, 0.05) is 5.70 Å². The highest BCUT2D eigenvalue weighted by Gasteiger charge is 2.33. The summed E-state index contributed by atoms with van der Waals surface area (Å²) in [5.74, 6) is -0.878. The molecule has 1 heterocycles. The van der Waals surface area contributed by atoms with Crippen molar-refractivity contribution in [1.82, 2.24) is 10.9 Å². The first-order valence-corrected chi connectivity index (χ1v) is 3.01. The molecule has 0 aliphatic carbocycles. The molecule has 4 nitrogen and oxygen atoms in total. The third kappa shape index (κ3) is 0.974. The van der Waals surface area contributed by atoms with Gasteiger partial charge in [0.25, 0.3) is 0 Å². The zero-order valence-electron chi connectivity index (χ0n) is 5.93. The Morgan fingerprint density at radius 3 is 2.60 bits per heavy atom. The molecule has 0 saturated carbocycles. The highest BCUT2D eigenvalue weighted by molar-refractivity contribution is 5.81. The van der Waals surface area contributed by atoms with E-state index in [1.807, 2.05) is 0 Å². The van der Waals surface area contributed by atoms with Gasteiger partial charge in [0.05, 0.1) is 0 Å². The Labute approximate surface area is 58.9 Å². The molecule has 0 bridgehead atoms. The van der Waals surface area contributed by atoms with Crippen molar-refractivity contribution in [3.63, 3.8) is 0 Å². The van der Waals surface area contributed by atoms with Crippen LogP contribution in [0.5, 0.6) is 0 Å². The van der Waals surface area contributed by atoms with Crippen LogP contribution in [0.15, 0.2) is 11.8 Å². The minimum Gasteiger partial charge on any atom is -0.480 e. The number of hydrogen-bond acceptors (Lipinski definition) is 3. The maximum absolute atomic E-state index is 10.5. The molecule has 0 saturated heterocycles. The molecule has 0 aromatic carbocycles. The van der Waals surface area contributed by atoms with Crippen LogP contribution < -0.4 is 10.9 Å². The van der Waals surface area contributed by atoms with E-state index in [2.05, 4.69) is 10.9 Å². The maximum atomic E-state index is 10.5. The Morgan fingerprint density at radius 2 is 2.40 bits per heavy atom. The lowest BCUT2D eigenvalue weighted by molar-refractivity contribution is -0.142. The predicted octanol–water partition coefficient (Wildman–Crippen LogP) is -0.159. The van der Waals surface area contributed by atoms with Crippen molar-refractivity contribution in [2.24, 2.45) is 0 Å². The van der Waals surface area contributed by atoms with Gasteiger partial charge in [-0.2, -0.15) is 0 Å². The van der Waals surface area contributed by atoms with Crippen molar-refractivity contribution < 1.29 is 9.90 Å². The molecule has 1 rings (SSSR count). The fraction of sp³-hybridized carbons (Fsp3) is 0.500. The predicted molar refractivity (Wildman–Crippen MR) is 36.1 cm³/mol. The molecule has 0 aromatic heterocycles. The Morgan fingerprint density at radius 1 is 1.80 bits per heavy atom. The van der Waals surface area contributed by atoms with Crippen LogP contribution >= 0.6 is 0 Å². The molecule has 0 fully saturated rings. The standard InChI is InChI=1S/C6H10N2O2/c1-4-3-6(2,5(9)10)8-7-4/h3,7-8H,1-2H3,(H,9,10). The van der Waals surface area contributed by atoms with Crippen LogP contribution in [-0.4, -0.2) is 16.6 Å². The Bertz CT molecular complexity index is 200. The molecule has 56 valence electrons. The van der Waals surface area contributed by atoms with Gasteiger partial charge in [-0.15, -0.1) is 0 Å². The van der Waals surface area contributed by atoms with Crippen LogP contribution in [0.1, 0.15) is 13.8 Å². The van der Waals surface area contributed by atoms with E-state index in [4.69, 9.17) is 5.11 Å². The van der Waals surface area contributed by atoms with E-state index < -0.39 is 11.5 Å². The van der Waals surface area contributed by atoms with E-state index in [9.17, 15) is 4.79 Å². The third-order valence-corrected chi connectivity index (χ3v) is 1.47. The van der Waals surface area contributed by atoms with E-state index in [-0.39, 0.29) is 0 Å². The van der Waals surface area contributed by atoms with Crippen LogP contribution in [0.25, 0.3) is 0 Å². The zero-order valence-corrected chi connectivity index (χ0v) is 5.93. The molecule has 1 aliphatic heterocycles. The molecule has 10 heavy (non-hydrogen) atoms. The van der Waals surface area contributed by atoms with Gasteiger partial charge in [-0.3, -0.25) is 0 Å². The summed E-state index contributed by atoms with van der Waals surface area (Å²) < 4.78 is 0. The molecular weight excluding hydrogens is 132 g/mol. The van der Waals surface area contributed by atoms with Crippen LogP contribution in [0.3, 0.4) is 0 Å². The number of carboxylic acid groups (broad SMARTS) is 1. The summed E-state index contributed by atoms with van der Waals surface area (Å²) in [6.07, 6.45) is 1.63. The van der Waals surface area contributed by atoms with E-state index >= 15 is 0 Å². The number of carboxylic acids is 1. The lowest BCUT2D eigenvalue weighted by atomic mass is 10.0. The van der Waals surface area contributed by atoms with Gasteiger partial charge in [0.15, 0.2) is 5.54 Å². The number of hydrazine groups is 1. The van der Waals surface area contributed by atoms with E-state index in [0.717, 1.165) is 5.70 Å². The van der Waals surface area contributed by atoms with Gasteiger partial charge in [-0.05, 0) is 19.9 Å². The largest absolute Gasteiger partial charge is 0.480 e. The first-order chi connectivity index (χ1) is 4.54. The van der Waals surface area contributed by atoms with E-state index in [0.29, 0.717) is 0 Å². The zero-order chi connectivity index (χ0) is 7.78. The van der Waals surface area contributed by atoms with Crippen LogP contribution in [0.4, 0.5) is 0 Å². The summed E-state index contributed by atoms with van der Waals surface area (Å²) >= 11 is 0. The van der Waals surface area contributed by atoms with Crippen molar-refractivity contribution in [2.75, 3.05) is 0 Å². The number of aliphatic carboxylic acids is 1. The number of hydrogen-bond donors (Lipinski definition) is 3. The highest BCUT2D eigenvalue weighted by atomic mass is 16.4. The van der Waals surface area contributed by atoms with E-state index in [1.165, 1.54) is 0 Å². The van der Waals surface area contributed by atoms with Gasteiger partial charge in [-0.1, -0.05) is 0 Å². The van der Waals surface area contributed by atoms with Crippen LogP contribution in [0.2, 0.25) is 0 Å². The average molecular weight is 142 g/mol. The Balaban J connectivity index is 2.82. The maximum Gasteiger partial charge on any atom is 0.329 e. The molecule has 1 atom stereocenters. The topological polar surface area (TPSA) is 61.4 Å². The molecule has 0 amide bonds. The lowest BCUT2D eigenvalue weighted by Crippen LogP contribution is -2.48. The lowest BCUT2D eigenvalue weighted by Gasteiger charge is -2.14. The molecule has 1 aliphatic rings. The summed E-state index contributed by atoms with van der Waals surface area (Å²) in [4.78, 5) is 10.5. The molecule has 1 unspecified atom stereocenters. The molecule has 4 heteroatoms. The Hall–Kier alpha value is -1.03. The minimum atomic E-state index is -0.940. The van der Waals surface area contributed by atoms with Gasteiger partial charge in [0.1, 0.15) is 0 Å². The number of rotatable bonds is 1. The number of nitrogens with one attached hydrogen (secondary N) is 2. The first kappa shape index (κ1) is 7.08. The normalized spacial score (nSPS) is 31.2. The second-order valence-corrected chi connectivity index (χ2v) is 2.58. The SMILES string of the molecule is CC1=CC(C)(C(=O)O)NN1. The average Bonchev–Trinajstić information content (AvgIpc) is 2.13. The van der Waals surface area contributed by atoms with Crippen molar-refractivity contribution in [3.05, 3.63) is 11.8 Å².